The molecule has 0 heterocycles. The maximum Gasteiger partial charge on any atom is 0.311 e. The minimum Gasteiger partial charge on any atom is -0.490 e. The minimum absolute atomic E-state index is 0.0884. The first kappa shape index (κ1) is 19.7. The van der Waals surface area contributed by atoms with Gasteiger partial charge in [-0.25, -0.2) is 0 Å². The number of nitrogens with two attached hydrogens (primary N) is 1. The summed E-state index contributed by atoms with van der Waals surface area (Å²) in [6, 6.07) is 10.4. The molecule has 0 saturated carbocycles. The van der Waals surface area contributed by atoms with E-state index in [0.717, 1.165) is 5.56 Å². The molecule has 0 aliphatic rings. The number of methoxy groups -OCH3 is 1. The zero-order chi connectivity index (χ0) is 19.3. The number of nitrogens with zero attached hydrogens (tertiary/aromatic N) is 1. The number of hydrogen-bond acceptors (Lipinski definition) is 4. The van der Waals surface area contributed by atoms with Gasteiger partial charge in [-0.05, 0) is 31.5 Å². The summed E-state index contributed by atoms with van der Waals surface area (Å²) >= 11 is 5.88. The first-order valence-corrected chi connectivity index (χ1v) is 8.41. The second-order valence-electron chi connectivity index (χ2n) is 5.92. The van der Waals surface area contributed by atoms with E-state index in [9.17, 15) is 14.9 Å². The van der Waals surface area contributed by atoms with E-state index in [1.807, 2.05) is 36.5 Å². The molecule has 8 heteroatoms. The Morgan fingerprint density at radius 1 is 1.35 bits per heavy atom. The van der Waals surface area contributed by atoms with Gasteiger partial charge in [-0.3, -0.25) is 14.9 Å². The van der Waals surface area contributed by atoms with Crippen molar-refractivity contribution in [2.45, 2.75) is 19.9 Å². The molecule has 138 valence electrons. The molecular weight excluding hydrogens is 358 g/mol. The third-order valence-corrected chi connectivity index (χ3v) is 4.30. The first-order valence-electron chi connectivity index (χ1n) is 8.03. The van der Waals surface area contributed by atoms with Crippen molar-refractivity contribution in [3.05, 3.63) is 62.7 Å². The fraction of sp³-hybridized carbons (Fsp3) is 0.278. The number of nitrogens with one attached hydrogen (secondary N) is 1. The first-order chi connectivity index (χ1) is 12.3. The summed E-state index contributed by atoms with van der Waals surface area (Å²) in [7, 11) is 1.35. The van der Waals surface area contributed by atoms with Crippen LogP contribution in [0.3, 0.4) is 0 Å². The van der Waals surface area contributed by atoms with Gasteiger partial charge in [0.05, 0.1) is 12.0 Å². The normalized spacial score (nSPS) is 11.7. The van der Waals surface area contributed by atoms with Crippen LogP contribution in [0.25, 0.3) is 0 Å². The lowest BCUT2D eigenvalue weighted by Crippen LogP contribution is -2.86. The third kappa shape index (κ3) is 4.93. The van der Waals surface area contributed by atoms with E-state index in [4.69, 9.17) is 16.3 Å². The number of nitro groups is 1. The Kier molecular flexibility index (Phi) is 6.54. The number of carbonyl (C=O) groups is 1. The molecule has 2 aromatic rings. The summed E-state index contributed by atoms with van der Waals surface area (Å²) < 4.78 is 5.04. The minimum atomic E-state index is -0.515. The molecule has 1 atom stereocenters. The highest BCUT2D eigenvalue weighted by atomic mass is 35.5. The predicted molar refractivity (Wildman–Crippen MR) is 99.7 cm³/mol. The van der Waals surface area contributed by atoms with Gasteiger partial charge in [0.2, 0.25) is 0 Å². The van der Waals surface area contributed by atoms with Crippen LogP contribution in [0.2, 0.25) is 5.02 Å². The summed E-state index contributed by atoms with van der Waals surface area (Å²) in [6.07, 6.45) is 0. The van der Waals surface area contributed by atoms with Gasteiger partial charge in [0.15, 0.2) is 12.3 Å². The number of anilines is 1. The van der Waals surface area contributed by atoms with Crippen LogP contribution < -0.4 is 15.4 Å². The van der Waals surface area contributed by atoms with Crippen LogP contribution in [-0.2, 0) is 4.79 Å². The number of halogens is 1. The van der Waals surface area contributed by atoms with E-state index in [2.05, 4.69) is 5.32 Å². The van der Waals surface area contributed by atoms with Gasteiger partial charge in [-0.1, -0.05) is 23.7 Å². The lowest BCUT2D eigenvalue weighted by atomic mass is 10.1. The molecule has 0 radical (unpaired) electrons. The lowest BCUT2D eigenvalue weighted by Gasteiger charge is -2.13. The molecule has 7 nitrogen and oxygen atoms in total. The van der Waals surface area contributed by atoms with Crippen LogP contribution in [0.15, 0.2) is 36.4 Å². The van der Waals surface area contributed by atoms with Crippen molar-refractivity contribution in [3.8, 4) is 5.75 Å². The van der Waals surface area contributed by atoms with Crippen LogP contribution in [0.4, 0.5) is 11.4 Å². The van der Waals surface area contributed by atoms with Gasteiger partial charge in [-0.2, -0.15) is 0 Å². The van der Waals surface area contributed by atoms with E-state index < -0.39 is 4.92 Å². The third-order valence-electron chi connectivity index (χ3n) is 4.05. The van der Waals surface area contributed by atoms with Crippen molar-refractivity contribution in [2.24, 2.45) is 0 Å². The molecule has 3 N–H and O–H groups in total. The van der Waals surface area contributed by atoms with Gasteiger partial charge in [-0.15, -0.1) is 0 Å². The quantitative estimate of drug-likeness (QED) is 0.571. The summed E-state index contributed by atoms with van der Waals surface area (Å²) in [6.45, 7) is 3.90. The number of rotatable bonds is 7. The summed E-state index contributed by atoms with van der Waals surface area (Å²) in [5.41, 5.74) is 2.02. The van der Waals surface area contributed by atoms with Crippen LogP contribution in [0.1, 0.15) is 24.1 Å². The zero-order valence-electron chi connectivity index (χ0n) is 14.8. The second kappa shape index (κ2) is 8.64. The molecule has 26 heavy (non-hydrogen) atoms. The van der Waals surface area contributed by atoms with Gasteiger partial charge in [0.25, 0.3) is 5.91 Å². The zero-order valence-corrected chi connectivity index (χ0v) is 15.5. The van der Waals surface area contributed by atoms with E-state index in [1.165, 1.54) is 19.2 Å². The monoisotopic (exact) mass is 378 g/mol. The number of nitro benzene ring substituents is 1. The van der Waals surface area contributed by atoms with E-state index in [1.54, 1.807) is 6.92 Å². The van der Waals surface area contributed by atoms with Crippen molar-refractivity contribution >= 4 is 28.9 Å². The second-order valence-corrected chi connectivity index (χ2v) is 6.36. The molecule has 0 fully saturated rings. The van der Waals surface area contributed by atoms with Crippen molar-refractivity contribution in [3.63, 3.8) is 0 Å². The Morgan fingerprint density at radius 2 is 2.00 bits per heavy atom. The maximum absolute atomic E-state index is 12.2. The highest BCUT2D eigenvalue weighted by Gasteiger charge is 2.19. The Labute approximate surface area is 156 Å². The van der Waals surface area contributed by atoms with Gasteiger partial charge in [0, 0.05) is 28.4 Å². The van der Waals surface area contributed by atoms with Crippen molar-refractivity contribution in [1.82, 2.24) is 0 Å². The average Bonchev–Trinajstić information content (AvgIpc) is 2.61. The number of amides is 1. The van der Waals surface area contributed by atoms with Crippen LogP contribution >= 0.6 is 11.6 Å². The number of carbonyl (C=O) groups excluding carboxylic acids is 1. The van der Waals surface area contributed by atoms with Crippen LogP contribution in [-0.4, -0.2) is 24.5 Å². The Balaban J connectivity index is 2.01. The Bertz CT molecular complexity index is 809. The maximum atomic E-state index is 12.2. The smallest absolute Gasteiger partial charge is 0.311 e. The molecule has 0 saturated heterocycles. The molecule has 0 bridgehead atoms. The fourth-order valence-electron chi connectivity index (χ4n) is 2.50. The number of aryl methyl sites for hydroxylation is 1. The molecule has 0 aliphatic carbocycles. The molecule has 2 rings (SSSR count). The fourth-order valence-corrected chi connectivity index (χ4v) is 2.63. The molecule has 1 amide bonds. The predicted octanol–water partition coefficient (Wildman–Crippen LogP) is 2.83. The highest BCUT2D eigenvalue weighted by Crippen LogP contribution is 2.32. The molecule has 0 aromatic heterocycles. The largest absolute Gasteiger partial charge is 0.490 e. The SMILES string of the molecule is COc1cc(NC(=O)C[NH2+][C@@H](C)c2ccc(Cl)cc2)c(C)cc1[N+](=O)[O-]. The van der Waals surface area contributed by atoms with E-state index in [0.29, 0.717) is 16.3 Å². The summed E-state index contributed by atoms with van der Waals surface area (Å²) in [5.74, 6) is -0.0979. The topological polar surface area (TPSA) is 98.1 Å². The van der Waals surface area contributed by atoms with E-state index >= 15 is 0 Å². The summed E-state index contributed by atoms with van der Waals surface area (Å²) in [5, 5.41) is 16.4. The average molecular weight is 379 g/mol. The van der Waals surface area contributed by atoms with Crippen molar-refractivity contribution < 1.29 is 19.8 Å². The molecule has 0 unspecified atom stereocenters. The Morgan fingerprint density at radius 3 is 2.58 bits per heavy atom. The summed E-state index contributed by atoms with van der Waals surface area (Å²) in [4.78, 5) is 22.7. The van der Waals surface area contributed by atoms with E-state index in [-0.39, 0.29) is 29.9 Å². The molecule has 0 aliphatic heterocycles. The van der Waals surface area contributed by atoms with Crippen LogP contribution in [0, 0.1) is 17.0 Å². The number of quaternary nitrogens is 1. The number of hydrogen-bond donors (Lipinski definition) is 2. The van der Waals surface area contributed by atoms with Gasteiger partial charge >= 0.3 is 5.69 Å². The van der Waals surface area contributed by atoms with Crippen molar-refractivity contribution in [1.29, 1.82) is 0 Å². The van der Waals surface area contributed by atoms with Crippen molar-refractivity contribution in [2.75, 3.05) is 19.0 Å². The molecule has 2 aromatic carbocycles. The highest BCUT2D eigenvalue weighted by molar-refractivity contribution is 6.30. The molecule has 0 spiro atoms. The van der Waals surface area contributed by atoms with Gasteiger partial charge in [0.1, 0.15) is 6.04 Å². The van der Waals surface area contributed by atoms with Crippen LogP contribution in [0.5, 0.6) is 5.75 Å². The standard InChI is InChI=1S/C18H20ClN3O4/c1-11-8-16(22(24)25)17(26-3)9-15(11)21-18(23)10-20-12(2)13-4-6-14(19)7-5-13/h4-9,12,20H,10H2,1-3H3,(H,21,23)/p+1/t12-/m0/s1. The Hall–Kier alpha value is -2.64. The lowest BCUT2D eigenvalue weighted by molar-refractivity contribution is -0.682. The van der Waals surface area contributed by atoms with Gasteiger partial charge < -0.3 is 15.4 Å². The molecular formula is C18H21ClN3O4+. The number of ether oxygens (including phenoxy) is 1. The number of benzene rings is 2.